The monoisotopic (exact) mass is 226 g/mol. The van der Waals surface area contributed by atoms with Crippen molar-refractivity contribution in [1.29, 1.82) is 0 Å². The zero-order valence-corrected chi connectivity index (χ0v) is 8.57. The second-order valence-corrected chi connectivity index (χ2v) is 3.62. The summed E-state index contributed by atoms with van der Waals surface area (Å²) in [7, 11) is 0. The molecule has 4 heteroatoms. The summed E-state index contributed by atoms with van der Waals surface area (Å²) in [4.78, 5) is 0. The Balaban J connectivity index is 2.22. The van der Waals surface area contributed by atoms with Crippen molar-refractivity contribution in [2.24, 2.45) is 0 Å². The number of benzene rings is 1. The number of hydrogen-bond acceptors (Lipinski definition) is 2. The van der Waals surface area contributed by atoms with Gasteiger partial charge in [0.15, 0.2) is 0 Å². The average molecular weight is 226 g/mol. The summed E-state index contributed by atoms with van der Waals surface area (Å²) in [5.41, 5.74) is 0.348. The molecule has 16 heavy (non-hydrogen) atoms. The van der Waals surface area contributed by atoms with Gasteiger partial charge in [0.2, 0.25) is 0 Å². The Morgan fingerprint density at radius 3 is 2.62 bits per heavy atom. The van der Waals surface area contributed by atoms with Gasteiger partial charge in [-0.2, -0.15) is 0 Å². The van der Waals surface area contributed by atoms with Gasteiger partial charge in [0.05, 0.1) is 6.61 Å². The summed E-state index contributed by atoms with van der Waals surface area (Å²) < 4.78 is 30.1. The van der Waals surface area contributed by atoms with E-state index >= 15 is 0 Å². The van der Waals surface area contributed by atoms with Crippen LogP contribution in [-0.2, 0) is 4.74 Å². The van der Waals surface area contributed by atoms with E-state index in [2.05, 4.69) is 0 Å². The van der Waals surface area contributed by atoms with Crippen molar-refractivity contribution in [2.75, 3.05) is 6.61 Å². The van der Waals surface area contributed by atoms with E-state index in [1.54, 1.807) is 12.1 Å². The highest BCUT2D eigenvalue weighted by molar-refractivity contribution is 5.29. The van der Waals surface area contributed by atoms with Gasteiger partial charge >= 0.3 is 0 Å². The number of halogens is 2. The van der Waals surface area contributed by atoms with Gasteiger partial charge in [-0.15, -0.1) is 0 Å². The molecule has 0 saturated heterocycles. The number of ether oxygens (including phenoxy) is 1. The maximum Gasteiger partial charge on any atom is 0.263 e. The number of hydrogen-bond donors (Lipinski definition) is 1. The molecule has 1 aliphatic rings. The lowest BCUT2D eigenvalue weighted by atomic mass is 10.0. The lowest BCUT2D eigenvalue weighted by Gasteiger charge is -2.13. The molecule has 0 aromatic heterocycles. The van der Waals surface area contributed by atoms with E-state index in [1.807, 2.05) is 0 Å². The minimum Gasteiger partial charge on any atom is -0.495 e. The van der Waals surface area contributed by atoms with Crippen LogP contribution in [0.2, 0.25) is 0 Å². The topological polar surface area (TPSA) is 29.5 Å². The first-order valence-corrected chi connectivity index (χ1v) is 5.07. The van der Waals surface area contributed by atoms with Gasteiger partial charge in [0, 0.05) is 12.0 Å². The Morgan fingerprint density at radius 1 is 1.25 bits per heavy atom. The van der Waals surface area contributed by atoms with Gasteiger partial charge in [-0.05, 0) is 17.7 Å². The highest BCUT2D eigenvalue weighted by Gasteiger charge is 2.19. The molecule has 1 atom stereocenters. The second-order valence-electron chi connectivity index (χ2n) is 3.62. The van der Waals surface area contributed by atoms with Crippen LogP contribution in [0.4, 0.5) is 8.78 Å². The molecule has 1 unspecified atom stereocenters. The SMILES string of the molecule is OC(C1=CCCO1)c1cccc(C(F)F)c1. The predicted octanol–water partition coefficient (Wildman–Crippen LogP) is 2.96. The van der Waals surface area contributed by atoms with Crippen LogP contribution < -0.4 is 0 Å². The molecule has 1 aromatic rings. The zero-order chi connectivity index (χ0) is 11.5. The Kier molecular flexibility index (Phi) is 3.19. The molecule has 0 bridgehead atoms. The molecule has 1 N–H and O–H groups in total. The number of rotatable bonds is 3. The van der Waals surface area contributed by atoms with E-state index in [4.69, 9.17) is 4.74 Å². The van der Waals surface area contributed by atoms with Crippen LogP contribution >= 0.6 is 0 Å². The van der Waals surface area contributed by atoms with Gasteiger partial charge in [-0.3, -0.25) is 0 Å². The normalized spacial score (nSPS) is 17.1. The molecule has 0 saturated carbocycles. The van der Waals surface area contributed by atoms with Crippen LogP contribution in [0, 0.1) is 0 Å². The third-order valence-corrected chi connectivity index (χ3v) is 2.48. The van der Waals surface area contributed by atoms with Crippen LogP contribution in [-0.4, -0.2) is 11.7 Å². The molecular weight excluding hydrogens is 214 g/mol. The summed E-state index contributed by atoms with van der Waals surface area (Å²) >= 11 is 0. The quantitative estimate of drug-likeness (QED) is 0.858. The maximum absolute atomic E-state index is 12.5. The first kappa shape index (κ1) is 11.1. The van der Waals surface area contributed by atoms with Crippen molar-refractivity contribution < 1.29 is 18.6 Å². The molecule has 0 fully saturated rings. The average Bonchev–Trinajstić information content (AvgIpc) is 2.81. The fraction of sp³-hybridized carbons (Fsp3) is 0.333. The molecule has 1 aromatic carbocycles. The van der Waals surface area contributed by atoms with Crippen molar-refractivity contribution in [3.8, 4) is 0 Å². The van der Waals surface area contributed by atoms with E-state index in [0.29, 0.717) is 17.9 Å². The Hall–Kier alpha value is -1.42. The van der Waals surface area contributed by atoms with Crippen molar-refractivity contribution in [1.82, 2.24) is 0 Å². The Bertz CT molecular complexity index is 402. The molecular formula is C12H12F2O2. The summed E-state index contributed by atoms with van der Waals surface area (Å²) in [6.07, 6.45) is -0.937. The Morgan fingerprint density at radius 2 is 2.00 bits per heavy atom. The molecule has 2 nitrogen and oxygen atoms in total. The summed E-state index contributed by atoms with van der Waals surface area (Å²) in [5.74, 6) is 0.450. The van der Waals surface area contributed by atoms with E-state index in [0.717, 1.165) is 6.42 Å². The third-order valence-electron chi connectivity index (χ3n) is 2.48. The van der Waals surface area contributed by atoms with E-state index in [9.17, 15) is 13.9 Å². The molecule has 0 aliphatic carbocycles. The highest BCUT2D eigenvalue weighted by atomic mass is 19.3. The number of alkyl halides is 2. The standard InChI is InChI=1S/C12H12F2O2/c13-12(14)9-4-1-3-8(7-9)11(15)10-5-2-6-16-10/h1,3-5,7,11-12,15H,2,6H2. The molecule has 1 heterocycles. The van der Waals surface area contributed by atoms with Crippen LogP contribution in [0.15, 0.2) is 36.1 Å². The van der Waals surface area contributed by atoms with Crippen molar-refractivity contribution in [3.05, 3.63) is 47.2 Å². The van der Waals surface area contributed by atoms with Gasteiger partial charge in [0.1, 0.15) is 11.9 Å². The predicted molar refractivity (Wildman–Crippen MR) is 55.0 cm³/mol. The Labute approximate surface area is 92.2 Å². The first-order valence-electron chi connectivity index (χ1n) is 5.07. The molecule has 0 spiro atoms. The minimum atomic E-state index is -2.52. The largest absolute Gasteiger partial charge is 0.495 e. The molecule has 86 valence electrons. The molecule has 1 aliphatic heterocycles. The van der Waals surface area contributed by atoms with Gasteiger partial charge < -0.3 is 9.84 Å². The number of aliphatic hydroxyl groups excluding tert-OH is 1. The van der Waals surface area contributed by atoms with E-state index < -0.39 is 12.5 Å². The minimum absolute atomic E-state index is 0.0878. The third kappa shape index (κ3) is 2.22. The summed E-state index contributed by atoms with van der Waals surface area (Å²) in [5, 5.41) is 9.89. The number of aliphatic hydroxyl groups is 1. The van der Waals surface area contributed by atoms with E-state index in [-0.39, 0.29) is 5.56 Å². The lowest BCUT2D eigenvalue weighted by Crippen LogP contribution is -2.02. The van der Waals surface area contributed by atoms with E-state index in [1.165, 1.54) is 18.2 Å². The van der Waals surface area contributed by atoms with Crippen LogP contribution in [0.5, 0.6) is 0 Å². The van der Waals surface area contributed by atoms with Gasteiger partial charge in [0.25, 0.3) is 6.43 Å². The maximum atomic E-state index is 12.5. The fourth-order valence-electron chi connectivity index (χ4n) is 1.66. The smallest absolute Gasteiger partial charge is 0.263 e. The fourth-order valence-corrected chi connectivity index (χ4v) is 1.66. The van der Waals surface area contributed by atoms with Crippen LogP contribution in [0.1, 0.15) is 30.1 Å². The second kappa shape index (κ2) is 4.61. The van der Waals surface area contributed by atoms with Crippen molar-refractivity contribution >= 4 is 0 Å². The first-order chi connectivity index (χ1) is 7.68. The summed E-state index contributed by atoms with van der Waals surface area (Å²) in [6.45, 7) is 0.543. The highest BCUT2D eigenvalue weighted by Crippen LogP contribution is 2.28. The molecule has 0 radical (unpaired) electrons. The van der Waals surface area contributed by atoms with Crippen molar-refractivity contribution in [2.45, 2.75) is 19.0 Å². The lowest BCUT2D eigenvalue weighted by molar-refractivity contribution is 0.118. The van der Waals surface area contributed by atoms with Crippen LogP contribution in [0.25, 0.3) is 0 Å². The van der Waals surface area contributed by atoms with Gasteiger partial charge in [-0.1, -0.05) is 18.2 Å². The molecule has 0 amide bonds. The van der Waals surface area contributed by atoms with Crippen LogP contribution in [0.3, 0.4) is 0 Å². The van der Waals surface area contributed by atoms with Gasteiger partial charge in [-0.25, -0.2) is 8.78 Å². The van der Waals surface area contributed by atoms with Crippen molar-refractivity contribution in [3.63, 3.8) is 0 Å². The molecule has 2 rings (SSSR count). The summed E-state index contributed by atoms with van der Waals surface area (Å²) in [6, 6.07) is 5.76. The zero-order valence-electron chi connectivity index (χ0n) is 8.57.